The molecule has 0 spiro atoms. The van der Waals surface area contributed by atoms with Gasteiger partial charge in [0.05, 0.1) is 5.84 Å². The molecule has 0 saturated carbocycles. The minimum atomic E-state index is -0.585. The van der Waals surface area contributed by atoms with E-state index >= 15 is 0 Å². The summed E-state index contributed by atoms with van der Waals surface area (Å²) in [5.74, 6) is -0.560. The lowest BCUT2D eigenvalue weighted by atomic mass is 10.3. The maximum atomic E-state index is 13.0. The summed E-state index contributed by atoms with van der Waals surface area (Å²) in [6.07, 6.45) is 0.404. The third kappa shape index (κ3) is 3.33. The van der Waals surface area contributed by atoms with Crippen LogP contribution < -0.4 is 5.73 Å². The second-order valence-corrected chi connectivity index (χ2v) is 3.84. The van der Waals surface area contributed by atoms with Crippen molar-refractivity contribution >= 4 is 17.6 Å². The Bertz CT molecular complexity index is 342. The van der Waals surface area contributed by atoms with Gasteiger partial charge in [-0.3, -0.25) is 5.41 Å². The minimum Gasteiger partial charge on any atom is -0.388 e. The van der Waals surface area contributed by atoms with Gasteiger partial charge in [0.15, 0.2) is 0 Å². The predicted octanol–water partition coefficient (Wildman–Crippen LogP) is 2.38. The van der Waals surface area contributed by atoms with Crippen molar-refractivity contribution in [1.29, 1.82) is 5.41 Å². The molecule has 0 aliphatic rings. The molecule has 0 aromatic heterocycles. The molecule has 2 nitrogen and oxygen atoms in total. The Morgan fingerprint density at radius 2 is 2.14 bits per heavy atom. The molecule has 0 atom stereocenters. The van der Waals surface area contributed by atoms with Gasteiger partial charge in [-0.1, -0.05) is 0 Å². The lowest BCUT2D eigenvalue weighted by molar-refractivity contribution is 0.565. The maximum Gasteiger partial charge on any atom is 0.139 e. The average Bonchev–Trinajstić information content (AvgIpc) is 2.08. The Morgan fingerprint density at radius 3 is 2.71 bits per heavy atom. The van der Waals surface area contributed by atoms with E-state index in [2.05, 4.69) is 0 Å². The molecule has 1 rings (SSSR count). The molecule has 0 aliphatic carbocycles. The zero-order valence-corrected chi connectivity index (χ0v) is 8.20. The quantitative estimate of drug-likeness (QED) is 0.461. The van der Waals surface area contributed by atoms with Gasteiger partial charge in [-0.2, -0.15) is 0 Å². The van der Waals surface area contributed by atoms with E-state index in [0.717, 1.165) is 6.07 Å². The molecule has 5 heteroatoms. The van der Waals surface area contributed by atoms with Crippen LogP contribution in [0, 0.1) is 17.0 Å². The fourth-order valence-corrected chi connectivity index (χ4v) is 1.77. The second-order valence-electron chi connectivity index (χ2n) is 2.70. The number of amidine groups is 1. The smallest absolute Gasteiger partial charge is 0.139 e. The fourth-order valence-electron chi connectivity index (χ4n) is 0.863. The van der Waals surface area contributed by atoms with Crippen molar-refractivity contribution in [2.45, 2.75) is 11.3 Å². The topological polar surface area (TPSA) is 49.9 Å². The molecule has 0 saturated heterocycles. The monoisotopic (exact) mass is 216 g/mol. The first-order chi connectivity index (χ1) is 6.59. The van der Waals surface area contributed by atoms with Crippen molar-refractivity contribution in [1.82, 2.24) is 0 Å². The Labute approximate surface area is 85.0 Å². The summed E-state index contributed by atoms with van der Waals surface area (Å²) in [5.41, 5.74) is 5.13. The van der Waals surface area contributed by atoms with Crippen LogP contribution in [0.3, 0.4) is 0 Å². The summed E-state index contributed by atoms with van der Waals surface area (Å²) in [4.78, 5) is 0.382. The van der Waals surface area contributed by atoms with Crippen LogP contribution >= 0.6 is 11.8 Å². The molecule has 0 unspecified atom stereocenters. The van der Waals surface area contributed by atoms with E-state index in [-0.39, 0.29) is 5.84 Å². The number of nitrogens with two attached hydrogens (primary N) is 1. The van der Waals surface area contributed by atoms with E-state index in [4.69, 9.17) is 11.1 Å². The fraction of sp³-hybridized carbons (Fsp3) is 0.222. The summed E-state index contributed by atoms with van der Waals surface area (Å²) in [6, 6.07) is 3.44. The minimum absolute atomic E-state index is 0.0695. The molecule has 0 aliphatic heterocycles. The molecule has 1 aromatic rings. The van der Waals surface area contributed by atoms with Crippen molar-refractivity contribution in [2.75, 3.05) is 5.75 Å². The van der Waals surface area contributed by atoms with Crippen LogP contribution in [0.25, 0.3) is 0 Å². The third-order valence-corrected chi connectivity index (χ3v) is 2.57. The van der Waals surface area contributed by atoms with Gasteiger partial charge < -0.3 is 5.73 Å². The molecular weight excluding hydrogens is 206 g/mol. The molecule has 3 N–H and O–H groups in total. The van der Waals surface area contributed by atoms with Crippen molar-refractivity contribution in [3.8, 4) is 0 Å². The SMILES string of the molecule is N=C(N)CCSc1ccc(F)cc1F. The lowest BCUT2D eigenvalue weighted by Gasteiger charge is -2.02. The molecule has 1 aromatic carbocycles. The number of hydrogen-bond acceptors (Lipinski definition) is 2. The first kappa shape index (κ1) is 11.0. The van der Waals surface area contributed by atoms with Crippen LogP contribution in [0.1, 0.15) is 6.42 Å². The van der Waals surface area contributed by atoms with E-state index in [9.17, 15) is 8.78 Å². The Balaban J connectivity index is 2.55. The normalized spacial score (nSPS) is 10.1. The van der Waals surface area contributed by atoms with Gasteiger partial charge in [-0.15, -0.1) is 11.8 Å². The zero-order chi connectivity index (χ0) is 10.6. The standard InChI is InChI=1S/C9H10F2N2S/c10-6-1-2-8(7(11)5-6)14-4-3-9(12)13/h1-2,5H,3-4H2,(H3,12,13). The Morgan fingerprint density at radius 1 is 1.43 bits per heavy atom. The van der Waals surface area contributed by atoms with Crippen molar-refractivity contribution in [3.05, 3.63) is 29.8 Å². The van der Waals surface area contributed by atoms with Crippen LogP contribution in [-0.4, -0.2) is 11.6 Å². The molecule has 0 radical (unpaired) electrons. The van der Waals surface area contributed by atoms with Crippen molar-refractivity contribution in [2.24, 2.45) is 5.73 Å². The van der Waals surface area contributed by atoms with Crippen LogP contribution in [0.5, 0.6) is 0 Å². The number of halogens is 2. The van der Waals surface area contributed by atoms with E-state index < -0.39 is 11.6 Å². The molecule has 0 bridgehead atoms. The second kappa shape index (κ2) is 4.95. The maximum absolute atomic E-state index is 13.0. The van der Waals surface area contributed by atoms with Gasteiger partial charge in [-0.05, 0) is 12.1 Å². The summed E-state index contributed by atoms with van der Waals surface area (Å²) >= 11 is 1.22. The first-order valence-electron chi connectivity index (χ1n) is 4.00. The van der Waals surface area contributed by atoms with Gasteiger partial charge in [-0.25, -0.2) is 8.78 Å². The van der Waals surface area contributed by atoms with Gasteiger partial charge in [0.2, 0.25) is 0 Å². The van der Waals surface area contributed by atoms with Crippen LogP contribution in [0.4, 0.5) is 8.78 Å². The first-order valence-corrected chi connectivity index (χ1v) is 4.99. The van der Waals surface area contributed by atoms with E-state index in [0.29, 0.717) is 17.1 Å². The molecule has 14 heavy (non-hydrogen) atoms. The van der Waals surface area contributed by atoms with Crippen LogP contribution in [-0.2, 0) is 0 Å². The van der Waals surface area contributed by atoms with E-state index in [1.807, 2.05) is 0 Å². The average molecular weight is 216 g/mol. The van der Waals surface area contributed by atoms with E-state index in [1.165, 1.54) is 23.9 Å². The van der Waals surface area contributed by atoms with Gasteiger partial charge in [0.25, 0.3) is 0 Å². The Hall–Kier alpha value is -1.10. The van der Waals surface area contributed by atoms with Crippen LogP contribution in [0.15, 0.2) is 23.1 Å². The lowest BCUT2D eigenvalue weighted by Crippen LogP contribution is -2.09. The summed E-state index contributed by atoms with van der Waals surface area (Å²) in [7, 11) is 0. The molecule has 0 heterocycles. The largest absolute Gasteiger partial charge is 0.388 e. The summed E-state index contributed by atoms with van der Waals surface area (Å²) in [6.45, 7) is 0. The highest BCUT2D eigenvalue weighted by atomic mass is 32.2. The third-order valence-electron chi connectivity index (χ3n) is 1.52. The zero-order valence-electron chi connectivity index (χ0n) is 7.39. The van der Waals surface area contributed by atoms with Gasteiger partial charge in [0, 0.05) is 23.1 Å². The number of nitrogens with one attached hydrogen (secondary N) is 1. The van der Waals surface area contributed by atoms with Crippen molar-refractivity contribution in [3.63, 3.8) is 0 Å². The van der Waals surface area contributed by atoms with Gasteiger partial charge in [0.1, 0.15) is 11.6 Å². The number of thioether (sulfide) groups is 1. The highest BCUT2D eigenvalue weighted by Gasteiger charge is 2.03. The molecule has 0 fully saturated rings. The van der Waals surface area contributed by atoms with E-state index in [1.54, 1.807) is 0 Å². The Kier molecular flexibility index (Phi) is 3.88. The number of benzene rings is 1. The van der Waals surface area contributed by atoms with Crippen molar-refractivity contribution < 1.29 is 8.78 Å². The van der Waals surface area contributed by atoms with Crippen LogP contribution in [0.2, 0.25) is 0 Å². The molecule has 0 amide bonds. The number of rotatable bonds is 4. The highest BCUT2D eigenvalue weighted by molar-refractivity contribution is 7.99. The summed E-state index contributed by atoms with van der Waals surface area (Å²) in [5, 5.41) is 6.96. The van der Waals surface area contributed by atoms with Gasteiger partial charge >= 0.3 is 0 Å². The summed E-state index contributed by atoms with van der Waals surface area (Å²) < 4.78 is 25.5. The molecule has 76 valence electrons. The molecular formula is C9H10F2N2S. The highest BCUT2D eigenvalue weighted by Crippen LogP contribution is 2.22. The number of hydrogen-bond donors (Lipinski definition) is 2. The predicted molar refractivity (Wildman–Crippen MR) is 53.6 cm³/mol.